The van der Waals surface area contributed by atoms with Gasteiger partial charge in [0.2, 0.25) is 0 Å². The number of alkyl halides is 9. The number of nitrogens with one attached hydrogen (secondary N) is 2. The number of anilines is 1. The highest BCUT2D eigenvalue weighted by molar-refractivity contribution is 6.48. The van der Waals surface area contributed by atoms with Gasteiger partial charge in [-0.15, -0.1) is 0 Å². The second-order valence-corrected chi connectivity index (χ2v) is 9.44. The number of hydrogen-bond donors (Lipinski definition) is 2. The summed E-state index contributed by atoms with van der Waals surface area (Å²) in [7, 11) is 0. The van der Waals surface area contributed by atoms with Crippen LogP contribution in [0.5, 0.6) is 0 Å². The Morgan fingerprint density at radius 2 is 1.34 bits per heavy atom. The Bertz CT molecular complexity index is 1440. The Kier molecular flexibility index (Phi) is 9.46. The van der Waals surface area contributed by atoms with Crippen molar-refractivity contribution in [3.63, 3.8) is 0 Å². The molecule has 0 heterocycles. The van der Waals surface area contributed by atoms with Gasteiger partial charge in [-0.25, -0.2) is 4.39 Å². The standard InChI is InChI=1S/C25H13Cl3F10N2O/c26-18-8-12(9-19(27)21(18)28)16(24(33,34)35)10-20(29)11-1-6-15(17(7-11)25(36,37)38)22(41)40-39-14-4-2-13(3-5-14)23(30,31)32/h1-10,16,39H,(H,40,41)/b20-10-. The number of benzene rings is 3. The van der Waals surface area contributed by atoms with Crippen molar-refractivity contribution in [2.75, 3.05) is 5.43 Å². The fraction of sp³-hybridized carbons (Fsp3) is 0.160. The molecule has 1 atom stereocenters. The number of rotatable bonds is 6. The van der Waals surface area contributed by atoms with Crippen LogP contribution in [0.1, 0.15) is 38.5 Å². The topological polar surface area (TPSA) is 41.1 Å². The van der Waals surface area contributed by atoms with E-state index in [4.69, 9.17) is 34.8 Å². The fourth-order valence-corrected chi connectivity index (χ4v) is 4.05. The van der Waals surface area contributed by atoms with Gasteiger partial charge in [-0.3, -0.25) is 15.6 Å². The molecule has 0 radical (unpaired) electrons. The Labute approximate surface area is 239 Å². The lowest BCUT2D eigenvalue weighted by atomic mass is 9.95. The molecular weight excluding hydrogens is 641 g/mol. The van der Waals surface area contributed by atoms with Gasteiger partial charge in [-0.1, -0.05) is 40.9 Å². The van der Waals surface area contributed by atoms with Gasteiger partial charge >= 0.3 is 18.5 Å². The maximum atomic E-state index is 15.0. The predicted molar refractivity (Wildman–Crippen MR) is 133 cm³/mol. The lowest BCUT2D eigenvalue weighted by Gasteiger charge is -2.19. The molecule has 1 unspecified atom stereocenters. The Balaban J connectivity index is 1.93. The molecule has 0 aliphatic heterocycles. The Morgan fingerprint density at radius 1 is 0.780 bits per heavy atom. The minimum absolute atomic E-state index is 0.0112. The number of carbonyl (C=O) groups excluding carboxylic acids is 1. The highest BCUT2D eigenvalue weighted by Crippen LogP contribution is 2.43. The Morgan fingerprint density at radius 3 is 1.83 bits per heavy atom. The van der Waals surface area contributed by atoms with Crippen molar-refractivity contribution in [3.8, 4) is 0 Å². The summed E-state index contributed by atoms with van der Waals surface area (Å²) >= 11 is 17.3. The summed E-state index contributed by atoms with van der Waals surface area (Å²) in [5.74, 6) is -5.83. The van der Waals surface area contributed by atoms with Crippen LogP contribution in [0.15, 0.2) is 60.7 Å². The van der Waals surface area contributed by atoms with E-state index in [1.807, 2.05) is 5.43 Å². The third kappa shape index (κ3) is 7.98. The number of hydrazine groups is 1. The van der Waals surface area contributed by atoms with Gasteiger partial charge in [-0.2, -0.15) is 39.5 Å². The number of hydrogen-bond acceptors (Lipinski definition) is 2. The smallest absolute Gasteiger partial charge is 0.298 e. The predicted octanol–water partition coefficient (Wildman–Crippen LogP) is 10.1. The van der Waals surface area contributed by atoms with Gasteiger partial charge < -0.3 is 0 Å². The number of halogens is 13. The highest BCUT2D eigenvalue weighted by Gasteiger charge is 2.41. The minimum atomic E-state index is -5.27. The van der Waals surface area contributed by atoms with Crippen molar-refractivity contribution in [2.24, 2.45) is 0 Å². The first kappa shape index (κ1) is 32.4. The quantitative estimate of drug-likeness (QED) is 0.158. The molecule has 1 amide bonds. The van der Waals surface area contributed by atoms with E-state index in [2.05, 4.69) is 5.43 Å². The van der Waals surface area contributed by atoms with E-state index in [-0.39, 0.29) is 32.9 Å². The number of amides is 1. The van der Waals surface area contributed by atoms with Crippen LogP contribution >= 0.6 is 34.8 Å². The van der Waals surface area contributed by atoms with Crippen molar-refractivity contribution >= 4 is 52.2 Å². The van der Waals surface area contributed by atoms with Crippen LogP contribution in [-0.4, -0.2) is 12.1 Å². The lowest BCUT2D eigenvalue weighted by molar-refractivity contribution is -0.140. The summed E-state index contributed by atoms with van der Waals surface area (Å²) < 4.78 is 135. The molecule has 0 fully saturated rings. The molecule has 2 N–H and O–H groups in total. The zero-order valence-electron chi connectivity index (χ0n) is 19.7. The van der Waals surface area contributed by atoms with Crippen LogP contribution in [-0.2, 0) is 12.4 Å². The van der Waals surface area contributed by atoms with Crippen LogP contribution in [0.3, 0.4) is 0 Å². The van der Waals surface area contributed by atoms with E-state index in [1.54, 1.807) is 0 Å². The molecule has 0 bridgehead atoms. The molecule has 0 aromatic heterocycles. The molecule has 0 saturated carbocycles. The summed E-state index contributed by atoms with van der Waals surface area (Å²) in [6.45, 7) is 0. The normalized spacial score (nSPS) is 13.6. The second kappa shape index (κ2) is 12.0. The molecule has 0 spiro atoms. The van der Waals surface area contributed by atoms with Crippen LogP contribution in [0, 0.1) is 0 Å². The molecule has 0 aliphatic carbocycles. The molecule has 220 valence electrons. The highest BCUT2D eigenvalue weighted by atomic mass is 35.5. The average molecular weight is 654 g/mol. The maximum absolute atomic E-state index is 15.0. The Hall–Kier alpha value is -3.16. The molecule has 0 aliphatic rings. The first-order valence-corrected chi connectivity index (χ1v) is 12.0. The van der Waals surface area contributed by atoms with Crippen LogP contribution in [0.4, 0.5) is 49.6 Å². The van der Waals surface area contributed by atoms with Crippen LogP contribution in [0.25, 0.3) is 5.83 Å². The van der Waals surface area contributed by atoms with E-state index in [1.165, 1.54) is 0 Å². The minimum Gasteiger partial charge on any atom is -0.298 e. The third-order valence-corrected chi connectivity index (χ3v) is 6.61. The lowest BCUT2D eigenvalue weighted by Crippen LogP contribution is -2.31. The first-order valence-electron chi connectivity index (χ1n) is 10.8. The molecule has 3 rings (SSSR count). The number of carbonyl (C=O) groups is 1. The van der Waals surface area contributed by atoms with Gasteiger partial charge in [0.1, 0.15) is 11.7 Å². The monoisotopic (exact) mass is 652 g/mol. The first-order chi connectivity index (χ1) is 18.8. The number of allylic oxidation sites excluding steroid dienone is 1. The zero-order valence-corrected chi connectivity index (χ0v) is 21.9. The molecule has 3 nitrogen and oxygen atoms in total. The summed E-state index contributed by atoms with van der Waals surface area (Å²) in [5, 5.41) is -1.02. The van der Waals surface area contributed by atoms with Gasteiger partial charge in [0.15, 0.2) is 0 Å². The SMILES string of the molecule is O=C(NNc1ccc(C(F)(F)F)cc1)c1ccc(/C(F)=C/C(c2cc(Cl)c(Cl)c(Cl)c2)C(F)(F)F)cc1C(F)(F)F. The molecule has 3 aromatic rings. The summed E-state index contributed by atoms with van der Waals surface area (Å²) in [4.78, 5) is 12.4. The molecule has 3 aromatic carbocycles. The van der Waals surface area contributed by atoms with E-state index in [0.717, 1.165) is 24.3 Å². The van der Waals surface area contributed by atoms with Gasteiger partial charge in [-0.05, 0) is 60.2 Å². The van der Waals surface area contributed by atoms with Gasteiger partial charge in [0, 0.05) is 5.56 Å². The zero-order chi connectivity index (χ0) is 30.9. The van der Waals surface area contributed by atoms with Crippen LogP contribution in [0.2, 0.25) is 15.1 Å². The van der Waals surface area contributed by atoms with Crippen molar-refractivity contribution < 1.29 is 48.7 Å². The van der Waals surface area contributed by atoms with Crippen LogP contribution < -0.4 is 10.9 Å². The summed E-state index contributed by atoms with van der Waals surface area (Å²) in [5.41, 5.74) is -1.49. The van der Waals surface area contributed by atoms with Gasteiger partial charge in [0.05, 0.1) is 37.4 Å². The van der Waals surface area contributed by atoms with E-state index >= 15 is 0 Å². The largest absolute Gasteiger partial charge is 0.417 e. The summed E-state index contributed by atoms with van der Waals surface area (Å²) in [6, 6.07) is 5.95. The van der Waals surface area contributed by atoms with E-state index < -0.39 is 64.0 Å². The maximum Gasteiger partial charge on any atom is 0.417 e. The van der Waals surface area contributed by atoms with Crippen molar-refractivity contribution in [3.05, 3.63) is 104 Å². The second-order valence-electron chi connectivity index (χ2n) is 8.24. The average Bonchev–Trinajstić information content (AvgIpc) is 2.86. The molecule has 16 heteroatoms. The molecule has 41 heavy (non-hydrogen) atoms. The van der Waals surface area contributed by atoms with E-state index in [0.29, 0.717) is 24.3 Å². The molecular formula is C25H13Cl3F10N2O. The van der Waals surface area contributed by atoms with Crippen molar-refractivity contribution in [1.82, 2.24) is 5.43 Å². The third-order valence-electron chi connectivity index (χ3n) is 5.41. The fourth-order valence-electron chi connectivity index (χ4n) is 3.44. The van der Waals surface area contributed by atoms with E-state index in [9.17, 15) is 48.7 Å². The summed E-state index contributed by atoms with van der Waals surface area (Å²) in [6.07, 6.45) is -15.0. The van der Waals surface area contributed by atoms with Gasteiger partial charge in [0.25, 0.3) is 5.91 Å². The van der Waals surface area contributed by atoms with Crippen molar-refractivity contribution in [1.29, 1.82) is 0 Å². The molecule has 0 saturated heterocycles. The van der Waals surface area contributed by atoms with Crippen molar-refractivity contribution in [2.45, 2.75) is 24.4 Å².